The van der Waals surface area contributed by atoms with E-state index in [1.165, 1.54) is 0 Å². The Kier molecular flexibility index (Phi) is 5.56. The molecule has 1 aromatic rings. The van der Waals surface area contributed by atoms with Crippen LogP contribution in [0.4, 0.5) is 10.6 Å². The first-order valence-electron chi connectivity index (χ1n) is 6.94. The van der Waals surface area contributed by atoms with Crippen LogP contribution in [0.15, 0.2) is 6.20 Å². The molecule has 6 nitrogen and oxygen atoms in total. The second kappa shape index (κ2) is 6.74. The summed E-state index contributed by atoms with van der Waals surface area (Å²) < 4.78 is 5.21. The van der Waals surface area contributed by atoms with Crippen molar-refractivity contribution in [1.82, 2.24) is 15.5 Å². The first kappa shape index (κ1) is 16.5. The van der Waals surface area contributed by atoms with E-state index in [4.69, 9.17) is 4.74 Å². The van der Waals surface area contributed by atoms with E-state index in [0.29, 0.717) is 24.3 Å². The molecule has 20 heavy (non-hydrogen) atoms. The van der Waals surface area contributed by atoms with Gasteiger partial charge in [-0.3, -0.25) is 10.4 Å². The fourth-order valence-electron chi connectivity index (χ4n) is 1.47. The highest BCUT2D eigenvalue weighted by Crippen LogP contribution is 2.14. The van der Waals surface area contributed by atoms with Crippen molar-refractivity contribution >= 4 is 11.9 Å². The molecule has 1 atom stereocenters. The Bertz CT molecular complexity index is 435. The molecule has 0 aromatic carbocycles. The quantitative estimate of drug-likeness (QED) is 0.776. The van der Waals surface area contributed by atoms with Crippen molar-refractivity contribution in [3.8, 4) is 0 Å². The molecule has 1 unspecified atom stereocenters. The van der Waals surface area contributed by atoms with Crippen LogP contribution in [0.25, 0.3) is 0 Å². The number of H-pyrrole nitrogens is 1. The van der Waals surface area contributed by atoms with Gasteiger partial charge in [-0.1, -0.05) is 13.8 Å². The van der Waals surface area contributed by atoms with Gasteiger partial charge in [0.15, 0.2) is 0 Å². The molecule has 0 aliphatic rings. The molecule has 0 saturated carbocycles. The van der Waals surface area contributed by atoms with Gasteiger partial charge in [0.2, 0.25) is 0 Å². The van der Waals surface area contributed by atoms with Crippen molar-refractivity contribution in [2.45, 2.75) is 59.7 Å². The maximum atomic E-state index is 11.7. The lowest BCUT2D eigenvalue weighted by Crippen LogP contribution is -2.31. The third-order valence-corrected chi connectivity index (χ3v) is 2.96. The number of anilines is 1. The van der Waals surface area contributed by atoms with Gasteiger partial charge in [0.05, 0.1) is 6.20 Å². The van der Waals surface area contributed by atoms with Gasteiger partial charge in [0.25, 0.3) is 0 Å². The number of hydrogen-bond donors (Lipinski definition) is 3. The molecule has 0 fully saturated rings. The van der Waals surface area contributed by atoms with Crippen LogP contribution in [-0.2, 0) is 11.3 Å². The summed E-state index contributed by atoms with van der Waals surface area (Å²) in [7, 11) is 0. The van der Waals surface area contributed by atoms with Gasteiger partial charge in [-0.15, -0.1) is 0 Å². The summed E-state index contributed by atoms with van der Waals surface area (Å²) >= 11 is 0. The number of carbonyl (C=O) groups is 1. The molecule has 0 bridgehead atoms. The summed E-state index contributed by atoms with van der Waals surface area (Å²) in [5.74, 6) is 1.12. The van der Waals surface area contributed by atoms with Crippen molar-refractivity contribution < 1.29 is 9.53 Å². The van der Waals surface area contributed by atoms with Crippen LogP contribution >= 0.6 is 0 Å². The molecule has 3 N–H and O–H groups in total. The average Bonchev–Trinajstić information content (AvgIpc) is 2.70. The number of aromatic nitrogens is 2. The molecule has 0 aliphatic carbocycles. The summed E-state index contributed by atoms with van der Waals surface area (Å²) in [6, 6.07) is 0.388. The van der Waals surface area contributed by atoms with Gasteiger partial charge in [-0.25, -0.2) is 4.79 Å². The number of aromatic amines is 1. The highest BCUT2D eigenvalue weighted by molar-refractivity contribution is 5.84. The van der Waals surface area contributed by atoms with Crippen molar-refractivity contribution in [3.63, 3.8) is 0 Å². The van der Waals surface area contributed by atoms with Crippen molar-refractivity contribution in [3.05, 3.63) is 11.8 Å². The molecule has 1 rings (SSSR count). The summed E-state index contributed by atoms with van der Waals surface area (Å²) in [5.41, 5.74) is 0.387. The molecule has 1 heterocycles. The minimum absolute atomic E-state index is 0.388. The lowest BCUT2D eigenvalue weighted by atomic mass is 10.1. The van der Waals surface area contributed by atoms with Crippen LogP contribution in [0.3, 0.4) is 0 Å². The zero-order valence-electron chi connectivity index (χ0n) is 13.2. The van der Waals surface area contributed by atoms with E-state index in [-0.39, 0.29) is 0 Å². The molecule has 6 heteroatoms. The molecule has 1 aromatic heterocycles. The highest BCUT2D eigenvalue weighted by Gasteiger charge is 2.18. The number of carbonyl (C=O) groups excluding carboxylic acids is 1. The van der Waals surface area contributed by atoms with Crippen LogP contribution in [0.2, 0.25) is 0 Å². The van der Waals surface area contributed by atoms with E-state index in [0.717, 1.165) is 5.56 Å². The number of amides is 1. The Morgan fingerprint density at radius 3 is 2.60 bits per heavy atom. The molecule has 0 saturated heterocycles. The normalized spacial score (nSPS) is 13.3. The van der Waals surface area contributed by atoms with E-state index in [1.54, 1.807) is 6.20 Å². The second-order valence-electron chi connectivity index (χ2n) is 6.31. The third kappa shape index (κ3) is 5.61. The highest BCUT2D eigenvalue weighted by atomic mass is 16.6. The smallest absolute Gasteiger partial charge is 0.413 e. The fourth-order valence-corrected chi connectivity index (χ4v) is 1.47. The first-order valence-corrected chi connectivity index (χ1v) is 6.94. The Hall–Kier alpha value is -1.56. The van der Waals surface area contributed by atoms with Crippen LogP contribution in [0.1, 0.15) is 47.1 Å². The predicted octanol–water partition coefficient (Wildman–Crippen LogP) is 2.89. The lowest BCUT2D eigenvalue weighted by molar-refractivity contribution is 0.0635. The average molecular weight is 282 g/mol. The third-order valence-electron chi connectivity index (χ3n) is 2.96. The Morgan fingerprint density at radius 2 is 2.05 bits per heavy atom. The minimum Gasteiger partial charge on any atom is -0.444 e. The van der Waals surface area contributed by atoms with Crippen LogP contribution in [0, 0.1) is 5.92 Å². The Balaban J connectivity index is 2.56. The Morgan fingerprint density at radius 1 is 1.40 bits per heavy atom. The van der Waals surface area contributed by atoms with E-state index >= 15 is 0 Å². The minimum atomic E-state index is -0.519. The van der Waals surface area contributed by atoms with Crippen molar-refractivity contribution in [2.75, 3.05) is 5.32 Å². The molecule has 114 valence electrons. The van der Waals surface area contributed by atoms with Gasteiger partial charge in [0.1, 0.15) is 11.4 Å². The largest absolute Gasteiger partial charge is 0.444 e. The number of rotatable bonds is 5. The van der Waals surface area contributed by atoms with Gasteiger partial charge in [-0.2, -0.15) is 5.10 Å². The van der Waals surface area contributed by atoms with Crippen LogP contribution in [-0.4, -0.2) is 27.9 Å². The van der Waals surface area contributed by atoms with Crippen molar-refractivity contribution in [1.29, 1.82) is 0 Å². The van der Waals surface area contributed by atoms with Crippen LogP contribution < -0.4 is 10.6 Å². The van der Waals surface area contributed by atoms with Gasteiger partial charge >= 0.3 is 6.09 Å². The van der Waals surface area contributed by atoms with Gasteiger partial charge in [0, 0.05) is 18.2 Å². The fraction of sp³-hybridized carbons (Fsp3) is 0.714. The standard InChI is InChI=1S/C14H26N4O2/c1-9(2)10(3)15-7-11-8-16-18-12(11)17-13(19)20-14(4,5)6/h8-10,15H,7H2,1-6H3,(H2,16,17,18,19). The summed E-state index contributed by atoms with van der Waals surface area (Å²) in [4.78, 5) is 11.7. The Labute approximate surface area is 120 Å². The molecule has 0 spiro atoms. The topological polar surface area (TPSA) is 79.0 Å². The molecule has 0 radical (unpaired) electrons. The molecular weight excluding hydrogens is 256 g/mol. The number of ether oxygens (including phenoxy) is 1. The second-order valence-corrected chi connectivity index (χ2v) is 6.31. The number of nitrogens with zero attached hydrogens (tertiary/aromatic N) is 1. The summed E-state index contributed by atoms with van der Waals surface area (Å²) in [6.45, 7) is 12.6. The van der Waals surface area contributed by atoms with E-state index < -0.39 is 11.7 Å². The summed E-state index contributed by atoms with van der Waals surface area (Å²) in [6.07, 6.45) is 1.21. The molecule has 1 amide bonds. The van der Waals surface area contributed by atoms with Crippen molar-refractivity contribution in [2.24, 2.45) is 5.92 Å². The molecule has 0 aliphatic heterocycles. The maximum Gasteiger partial charge on any atom is 0.413 e. The first-order chi connectivity index (χ1) is 9.19. The van der Waals surface area contributed by atoms with Crippen LogP contribution in [0.5, 0.6) is 0 Å². The zero-order chi connectivity index (χ0) is 15.3. The van der Waals surface area contributed by atoms with Gasteiger partial charge < -0.3 is 10.1 Å². The summed E-state index contributed by atoms with van der Waals surface area (Å²) in [5, 5.41) is 12.8. The maximum absolute atomic E-state index is 11.7. The van der Waals surface area contributed by atoms with Gasteiger partial charge in [-0.05, 0) is 33.6 Å². The van der Waals surface area contributed by atoms with E-state index in [2.05, 4.69) is 41.6 Å². The predicted molar refractivity (Wildman–Crippen MR) is 79.6 cm³/mol. The van der Waals surface area contributed by atoms with E-state index in [1.807, 2.05) is 20.8 Å². The lowest BCUT2D eigenvalue weighted by Gasteiger charge is -2.20. The number of nitrogens with one attached hydrogen (secondary N) is 3. The monoisotopic (exact) mass is 282 g/mol. The van der Waals surface area contributed by atoms with E-state index in [9.17, 15) is 4.79 Å². The number of hydrogen-bond acceptors (Lipinski definition) is 4. The SMILES string of the molecule is CC(C)C(C)NCc1cn[nH]c1NC(=O)OC(C)(C)C. The molecular formula is C14H26N4O2. The zero-order valence-corrected chi connectivity index (χ0v) is 13.2.